The molecule has 1 aliphatic rings. The molecule has 6 nitrogen and oxygen atoms in total. The molecule has 0 aromatic carbocycles. The quantitative estimate of drug-likeness (QED) is 0.707. The lowest BCUT2D eigenvalue weighted by Gasteiger charge is -2.22. The van der Waals surface area contributed by atoms with Crippen molar-refractivity contribution in [2.45, 2.75) is 38.5 Å². The summed E-state index contributed by atoms with van der Waals surface area (Å²) in [6.45, 7) is 4.06. The van der Waals surface area contributed by atoms with Crippen LogP contribution < -0.4 is 5.73 Å². The van der Waals surface area contributed by atoms with E-state index >= 15 is 0 Å². The van der Waals surface area contributed by atoms with Crippen LogP contribution in [0, 0.1) is 0 Å². The summed E-state index contributed by atoms with van der Waals surface area (Å²) in [5, 5.41) is 0. The van der Waals surface area contributed by atoms with Gasteiger partial charge in [-0.15, -0.1) is 0 Å². The van der Waals surface area contributed by atoms with Crippen molar-refractivity contribution in [3.63, 3.8) is 0 Å². The molecule has 2 N–H and O–H groups in total. The molecule has 1 aliphatic heterocycles. The minimum atomic E-state index is -0.580. The largest absolute Gasteiger partial charge is 0.380 e. The summed E-state index contributed by atoms with van der Waals surface area (Å²) in [6.07, 6.45) is 0.307. The van der Waals surface area contributed by atoms with Crippen LogP contribution in [0.1, 0.15) is 20.3 Å². The van der Waals surface area contributed by atoms with Gasteiger partial charge < -0.3 is 20.1 Å². The van der Waals surface area contributed by atoms with Crippen LogP contribution in [0.4, 0.5) is 0 Å². The van der Waals surface area contributed by atoms with E-state index in [4.69, 9.17) is 15.2 Å². The summed E-state index contributed by atoms with van der Waals surface area (Å²) in [5.41, 5.74) is 5.27. The van der Waals surface area contributed by atoms with E-state index in [1.54, 1.807) is 7.11 Å². The smallest absolute Gasteiger partial charge is 0.249 e. The van der Waals surface area contributed by atoms with Gasteiger partial charge in [0.1, 0.15) is 12.6 Å². The van der Waals surface area contributed by atoms with E-state index in [1.807, 2.05) is 13.8 Å². The zero-order valence-electron chi connectivity index (χ0n) is 10.5. The highest BCUT2D eigenvalue weighted by atomic mass is 16.5. The number of hydrogen-bond acceptors (Lipinski definition) is 4. The maximum absolute atomic E-state index is 11.9. The number of nitrogens with two attached hydrogens (primary N) is 1. The maximum Gasteiger partial charge on any atom is 0.249 e. The number of carbonyl (C=O) groups is 2. The lowest BCUT2D eigenvalue weighted by Crippen LogP contribution is -2.45. The van der Waals surface area contributed by atoms with E-state index in [0.29, 0.717) is 13.0 Å². The first-order chi connectivity index (χ1) is 7.95. The standard InChI is InChI=1S/C11H20N2O4/c1-7(2)17-6-10(14)13-5-8(16-3)4-9(13)11(12)15/h7-9H,4-6H2,1-3H3,(H2,12,15)/t8-,9-/m0/s1. The van der Waals surface area contributed by atoms with Crippen LogP contribution in [-0.2, 0) is 19.1 Å². The van der Waals surface area contributed by atoms with Gasteiger partial charge in [0.15, 0.2) is 0 Å². The molecule has 0 radical (unpaired) electrons. The predicted octanol–water partition coefficient (Wildman–Crippen LogP) is -0.487. The van der Waals surface area contributed by atoms with Gasteiger partial charge in [-0.25, -0.2) is 0 Å². The Balaban J connectivity index is 2.60. The normalized spacial score (nSPS) is 24.4. The molecular weight excluding hydrogens is 224 g/mol. The number of primary amides is 1. The van der Waals surface area contributed by atoms with E-state index in [1.165, 1.54) is 4.90 Å². The molecule has 98 valence electrons. The highest BCUT2D eigenvalue weighted by Gasteiger charge is 2.38. The Morgan fingerprint density at radius 2 is 2.12 bits per heavy atom. The van der Waals surface area contributed by atoms with Crippen molar-refractivity contribution in [2.75, 3.05) is 20.3 Å². The molecule has 1 rings (SSSR count). The number of nitrogens with zero attached hydrogens (tertiary/aromatic N) is 1. The van der Waals surface area contributed by atoms with Crippen molar-refractivity contribution in [3.05, 3.63) is 0 Å². The van der Waals surface area contributed by atoms with E-state index in [0.717, 1.165) is 0 Å². The van der Waals surface area contributed by atoms with Crippen LogP contribution in [0.25, 0.3) is 0 Å². The molecule has 0 bridgehead atoms. The summed E-state index contributed by atoms with van der Waals surface area (Å²) in [4.78, 5) is 24.6. The lowest BCUT2D eigenvalue weighted by molar-refractivity contribution is -0.142. The van der Waals surface area contributed by atoms with E-state index < -0.39 is 11.9 Å². The number of ether oxygens (including phenoxy) is 2. The Morgan fingerprint density at radius 3 is 2.59 bits per heavy atom. The van der Waals surface area contributed by atoms with Gasteiger partial charge in [0.2, 0.25) is 11.8 Å². The first-order valence-electron chi connectivity index (χ1n) is 5.68. The molecule has 0 aliphatic carbocycles. The van der Waals surface area contributed by atoms with Crippen LogP contribution in [0.2, 0.25) is 0 Å². The van der Waals surface area contributed by atoms with Crippen LogP contribution >= 0.6 is 0 Å². The molecule has 0 aromatic rings. The molecule has 1 saturated heterocycles. The van der Waals surface area contributed by atoms with Crippen molar-refractivity contribution in [3.8, 4) is 0 Å². The highest BCUT2D eigenvalue weighted by Crippen LogP contribution is 2.20. The fraction of sp³-hybridized carbons (Fsp3) is 0.818. The van der Waals surface area contributed by atoms with Gasteiger partial charge in [0.05, 0.1) is 12.2 Å². The first-order valence-corrected chi connectivity index (χ1v) is 5.68. The summed E-state index contributed by atoms with van der Waals surface area (Å²) >= 11 is 0. The topological polar surface area (TPSA) is 81.9 Å². The third-order valence-corrected chi connectivity index (χ3v) is 2.78. The Bertz CT molecular complexity index is 293. The second-order valence-electron chi connectivity index (χ2n) is 4.42. The Hall–Kier alpha value is -1.14. The fourth-order valence-corrected chi connectivity index (χ4v) is 1.83. The monoisotopic (exact) mass is 244 g/mol. The molecule has 1 fully saturated rings. The number of rotatable bonds is 5. The molecule has 0 unspecified atom stereocenters. The van der Waals surface area contributed by atoms with Crippen LogP contribution in [0.15, 0.2) is 0 Å². The predicted molar refractivity (Wildman–Crippen MR) is 61.2 cm³/mol. The molecule has 2 amide bonds. The maximum atomic E-state index is 11.9. The number of carbonyl (C=O) groups excluding carboxylic acids is 2. The molecule has 0 spiro atoms. The zero-order valence-corrected chi connectivity index (χ0v) is 10.5. The van der Waals surface area contributed by atoms with Crippen molar-refractivity contribution in [2.24, 2.45) is 5.73 Å². The minimum absolute atomic E-state index is 0.0215. The van der Waals surface area contributed by atoms with Gasteiger partial charge in [0.25, 0.3) is 0 Å². The number of amides is 2. The first kappa shape index (κ1) is 13.9. The van der Waals surface area contributed by atoms with Gasteiger partial charge in [0, 0.05) is 20.1 Å². The summed E-state index contributed by atoms with van der Waals surface area (Å²) < 4.78 is 10.4. The van der Waals surface area contributed by atoms with Gasteiger partial charge in [-0.3, -0.25) is 9.59 Å². The number of likely N-dealkylation sites (tertiary alicyclic amines) is 1. The Kier molecular flexibility index (Phi) is 4.89. The molecule has 2 atom stereocenters. The van der Waals surface area contributed by atoms with Crippen LogP contribution in [0.5, 0.6) is 0 Å². The van der Waals surface area contributed by atoms with Crippen molar-refractivity contribution in [1.29, 1.82) is 0 Å². The minimum Gasteiger partial charge on any atom is -0.380 e. The zero-order chi connectivity index (χ0) is 13.0. The lowest BCUT2D eigenvalue weighted by atomic mass is 10.2. The number of hydrogen-bond donors (Lipinski definition) is 1. The molecule has 6 heteroatoms. The van der Waals surface area contributed by atoms with E-state index in [2.05, 4.69) is 0 Å². The van der Waals surface area contributed by atoms with E-state index in [9.17, 15) is 9.59 Å². The number of methoxy groups -OCH3 is 1. The van der Waals surface area contributed by atoms with E-state index in [-0.39, 0.29) is 24.7 Å². The molecule has 1 heterocycles. The molecular formula is C11H20N2O4. The van der Waals surface area contributed by atoms with Crippen molar-refractivity contribution >= 4 is 11.8 Å². The van der Waals surface area contributed by atoms with Gasteiger partial charge in [-0.1, -0.05) is 0 Å². The third-order valence-electron chi connectivity index (χ3n) is 2.78. The van der Waals surface area contributed by atoms with Gasteiger partial charge in [-0.05, 0) is 13.8 Å². The molecule has 17 heavy (non-hydrogen) atoms. The van der Waals surface area contributed by atoms with Gasteiger partial charge >= 0.3 is 0 Å². The average molecular weight is 244 g/mol. The Labute approximate surface area is 101 Å². The van der Waals surface area contributed by atoms with Crippen molar-refractivity contribution < 1.29 is 19.1 Å². The fourth-order valence-electron chi connectivity index (χ4n) is 1.83. The highest BCUT2D eigenvalue weighted by molar-refractivity contribution is 5.87. The van der Waals surface area contributed by atoms with Crippen LogP contribution in [-0.4, -0.2) is 55.2 Å². The summed E-state index contributed by atoms with van der Waals surface area (Å²) in [5.74, 6) is -0.718. The van der Waals surface area contributed by atoms with Crippen molar-refractivity contribution in [1.82, 2.24) is 4.90 Å². The van der Waals surface area contributed by atoms with Crippen LogP contribution in [0.3, 0.4) is 0 Å². The molecule has 0 saturated carbocycles. The Morgan fingerprint density at radius 1 is 1.47 bits per heavy atom. The SMILES string of the molecule is CO[C@H]1C[C@@H](C(N)=O)N(C(=O)COC(C)C)C1. The third kappa shape index (κ3) is 3.67. The second-order valence-corrected chi connectivity index (χ2v) is 4.42. The summed E-state index contributed by atoms with van der Waals surface area (Å²) in [7, 11) is 1.56. The summed E-state index contributed by atoms with van der Waals surface area (Å²) in [6, 6.07) is -0.580. The second kappa shape index (κ2) is 5.97. The molecule has 0 aromatic heterocycles. The average Bonchev–Trinajstić information content (AvgIpc) is 2.69. The van der Waals surface area contributed by atoms with Gasteiger partial charge in [-0.2, -0.15) is 0 Å².